The van der Waals surface area contributed by atoms with Crippen LogP contribution in [0.25, 0.3) is 17.2 Å². The Labute approximate surface area is 140 Å². The van der Waals surface area contributed by atoms with E-state index in [1.165, 1.54) is 0 Å². The van der Waals surface area contributed by atoms with Crippen molar-refractivity contribution in [1.82, 2.24) is 24.8 Å². The Morgan fingerprint density at radius 3 is 2.67 bits per heavy atom. The van der Waals surface area contributed by atoms with Gasteiger partial charge in [0.05, 0.1) is 12.6 Å². The highest BCUT2D eigenvalue weighted by molar-refractivity contribution is 5.55. The number of fused-ring (bicyclic) bond motifs is 1. The first-order valence-corrected chi connectivity index (χ1v) is 7.97. The van der Waals surface area contributed by atoms with E-state index < -0.39 is 0 Å². The highest BCUT2D eigenvalue weighted by Crippen LogP contribution is 2.23. The number of aliphatic hydroxyl groups excluding tert-OH is 1. The lowest BCUT2D eigenvalue weighted by atomic mass is 9.88. The van der Waals surface area contributed by atoms with Crippen LogP contribution in [0.3, 0.4) is 0 Å². The van der Waals surface area contributed by atoms with Gasteiger partial charge in [-0.25, -0.2) is 0 Å². The molecule has 0 radical (unpaired) electrons. The Bertz CT molecular complexity index is 809. The van der Waals surface area contributed by atoms with Crippen LogP contribution in [-0.2, 0) is 0 Å². The molecule has 0 bridgehead atoms. The number of anilines is 1. The van der Waals surface area contributed by atoms with Crippen LogP contribution in [0.1, 0.15) is 27.2 Å². The summed E-state index contributed by atoms with van der Waals surface area (Å²) >= 11 is 0. The summed E-state index contributed by atoms with van der Waals surface area (Å²) in [6, 6.07) is 9.25. The standard InChI is InChI=1S/C17H22N6O/c1-17(2,3)10-12(11-24)19-14-7-8-15-20-21-16(23(15)22-14)13-6-4-5-9-18-13/h4-9,12,24H,10-11H2,1-3H3,(H,19,22). The van der Waals surface area contributed by atoms with E-state index in [-0.39, 0.29) is 18.1 Å². The van der Waals surface area contributed by atoms with Crippen molar-refractivity contribution in [2.24, 2.45) is 5.41 Å². The molecule has 1 unspecified atom stereocenters. The van der Waals surface area contributed by atoms with Gasteiger partial charge in [-0.05, 0) is 36.1 Å². The molecule has 0 aromatic carbocycles. The first-order chi connectivity index (χ1) is 11.5. The molecule has 0 saturated heterocycles. The second-order valence-corrected chi connectivity index (χ2v) is 7.02. The summed E-state index contributed by atoms with van der Waals surface area (Å²) in [5, 5.41) is 25.8. The molecule has 3 aromatic heterocycles. The molecule has 24 heavy (non-hydrogen) atoms. The molecule has 3 aromatic rings. The van der Waals surface area contributed by atoms with E-state index in [4.69, 9.17) is 0 Å². The van der Waals surface area contributed by atoms with Crippen LogP contribution in [0, 0.1) is 5.41 Å². The first kappa shape index (κ1) is 16.3. The number of rotatable bonds is 5. The smallest absolute Gasteiger partial charge is 0.203 e. The van der Waals surface area contributed by atoms with Crippen LogP contribution in [-0.4, -0.2) is 42.6 Å². The van der Waals surface area contributed by atoms with E-state index in [1.54, 1.807) is 10.7 Å². The molecular weight excluding hydrogens is 304 g/mol. The second-order valence-electron chi connectivity index (χ2n) is 7.02. The van der Waals surface area contributed by atoms with Crippen LogP contribution in [0.5, 0.6) is 0 Å². The maximum Gasteiger partial charge on any atom is 0.203 e. The van der Waals surface area contributed by atoms with Gasteiger partial charge in [-0.2, -0.15) is 4.52 Å². The third kappa shape index (κ3) is 3.68. The van der Waals surface area contributed by atoms with E-state index in [0.717, 1.165) is 6.42 Å². The van der Waals surface area contributed by atoms with Crippen molar-refractivity contribution >= 4 is 11.5 Å². The van der Waals surface area contributed by atoms with Gasteiger partial charge in [0, 0.05) is 6.20 Å². The maximum absolute atomic E-state index is 9.62. The molecule has 126 valence electrons. The maximum atomic E-state index is 9.62. The summed E-state index contributed by atoms with van der Waals surface area (Å²) in [6.07, 6.45) is 2.54. The fourth-order valence-electron chi connectivity index (χ4n) is 2.63. The van der Waals surface area contributed by atoms with Crippen molar-refractivity contribution in [3.05, 3.63) is 36.5 Å². The number of nitrogens with zero attached hydrogens (tertiary/aromatic N) is 5. The van der Waals surface area contributed by atoms with E-state index in [2.05, 4.69) is 46.4 Å². The van der Waals surface area contributed by atoms with Crippen LogP contribution in [0.15, 0.2) is 36.5 Å². The minimum absolute atomic E-state index is 0.0479. The van der Waals surface area contributed by atoms with Crippen molar-refractivity contribution in [1.29, 1.82) is 0 Å². The zero-order valence-electron chi connectivity index (χ0n) is 14.1. The molecule has 1 atom stereocenters. The van der Waals surface area contributed by atoms with Gasteiger partial charge in [0.1, 0.15) is 11.5 Å². The van der Waals surface area contributed by atoms with E-state index in [9.17, 15) is 5.11 Å². The summed E-state index contributed by atoms with van der Waals surface area (Å²) in [5.41, 5.74) is 1.47. The predicted octanol–water partition coefficient (Wildman–Crippen LogP) is 2.40. The second kappa shape index (κ2) is 6.52. The number of pyridine rings is 1. The zero-order valence-corrected chi connectivity index (χ0v) is 14.1. The van der Waals surface area contributed by atoms with Crippen molar-refractivity contribution in [2.75, 3.05) is 11.9 Å². The lowest BCUT2D eigenvalue weighted by molar-refractivity contribution is 0.233. The summed E-state index contributed by atoms with van der Waals surface area (Å²) in [6.45, 7) is 6.49. The van der Waals surface area contributed by atoms with Crippen molar-refractivity contribution in [2.45, 2.75) is 33.2 Å². The molecule has 2 N–H and O–H groups in total. The monoisotopic (exact) mass is 326 g/mol. The van der Waals surface area contributed by atoms with Crippen LogP contribution >= 0.6 is 0 Å². The van der Waals surface area contributed by atoms with Gasteiger partial charge in [-0.15, -0.1) is 15.3 Å². The fourth-order valence-corrected chi connectivity index (χ4v) is 2.63. The van der Waals surface area contributed by atoms with Crippen molar-refractivity contribution < 1.29 is 5.11 Å². The molecule has 0 fully saturated rings. The van der Waals surface area contributed by atoms with Crippen molar-refractivity contribution in [3.63, 3.8) is 0 Å². The number of hydrogen-bond donors (Lipinski definition) is 2. The molecule has 0 aliphatic rings. The summed E-state index contributed by atoms with van der Waals surface area (Å²) in [7, 11) is 0. The van der Waals surface area contributed by atoms with Crippen molar-refractivity contribution in [3.8, 4) is 11.5 Å². The van der Waals surface area contributed by atoms with Crippen LogP contribution < -0.4 is 5.32 Å². The van der Waals surface area contributed by atoms with Gasteiger partial charge in [0.2, 0.25) is 5.82 Å². The third-order valence-corrected chi connectivity index (χ3v) is 3.59. The number of nitrogens with one attached hydrogen (secondary N) is 1. The molecule has 0 amide bonds. The van der Waals surface area contributed by atoms with Gasteiger partial charge >= 0.3 is 0 Å². The van der Waals surface area contributed by atoms with Gasteiger partial charge in [-0.1, -0.05) is 26.8 Å². The average molecular weight is 326 g/mol. The van der Waals surface area contributed by atoms with Crippen LogP contribution in [0.2, 0.25) is 0 Å². The first-order valence-electron chi connectivity index (χ1n) is 7.97. The molecule has 7 nitrogen and oxygen atoms in total. The van der Waals surface area contributed by atoms with E-state index in [0.29, 0.717) is 23.0 Å². The average Bonchev–Trinajstić information content (AvgIpc) is 2.97. The van der Waals surface area contributed by atoms with E-state index in [1.807, 2.05) is 30.3 Å². The third-order valence-electron chi connectivity index (χ3n) is 3.59. The SMILES string of the molecule is CC(C)(C)CC(CO)Nc1ccc2nnc(-c3ccccn3)n2n1. The Balaban J connectivity index is 1.90. The Morgan fingerprint density at radius 1 is 1.17 bits per heavy atom. The molecule has 0 aliphatic heterocycles. The lowest BCUT2D eigenvalue weighted by Gasteiger charge is -2.25. The van der Waals surface area contributed by atoms with Gasteiger partial charge in [0.15, 0.2) is 5.65 Å². The number of aromatic nitrogens is 5. The quantitative estimate of drug-likeness (QED) is 0.748. The summed E-state index contributed by atoms with van der Waals surface area (Å²) in [5.74, 6) is 1.26. The molecule has 3 heterocycles. The Hall–Kier alpha value is -2.54. The Morgan fingerprint density at radius 2 is 2.00 bits per heavy atom. The van der Waals surface area contributed by atoms with E-state index >= 15 is 0 Å². The predicted molar refractivity (Wildman–Crippen MR) is 92.6 cm³/mol. The van der Waals surface area contributed by atoms with Gasteiger partial charge in [-0.3, -0.25) is 4.98 Å². The topological polar surface area (TPSA) is 88.2 Å². The van der Waals surface area contributed by atoms with Crippen LogP contribution in [0.4, 0.5) is 5.82 Å². The summed E-state index contributed by atoms with van der Waals surface area (Å²) in [4.78, 5) is 4.30. The molecule has 0 aliphatic carbocycles. The van der Waals surface area contributed by atoms with Gasteiger partial charge < -0.3 is 10.4 Å². The molecular formula is C17H22N6O. The lowest BCUT2D eigenvalue weighted by Crippen LogP contribution is -2.29. The Kier molecular flexibility index (Phi) is 4.44. The minimum Gasteiger partial charge on any atom is -0.394 e. The molecule has 7 heteroatoms. The highest BCUT2D eigenvalue weighted by atomic mass is 16.3. The normalized spacial score (nSPS) is 13.2. The zero-order chi connectivity index (χ0) is 17.2. The number of hydrogen-bond acceptors (Lipinski definition) is 6. The molecule has 3 rings (SSSR count). The highest BCUT2D eigenvalue weighted by Gasteiger charge is 2.19. The summed E-state index contributed by atoms with van der Waals surface area (Å²) < 4.78 is 1.66. The minimum atomic E-state index is -0.0651. The van der Waals surface area contributed by atoms with Gasteiger partial charge in [0.25, 0.3) is 0 Å². The molecule has 0 spiro atoms. The largest absolute Gasteiger partial charge is 0.394 e. The fraction of sp³-hybridized carbons (Fsp3) is 0.412. The molecule has 0 saturated carbocycles. The number of aliphatic hydroxyl groups is 1.